The molecular formula is C28H28N4O2. The first-order chi connectivity index (χ1) is 16.7. The van der Waals surface area contributed by atoms with Crippen molar-refractivity contribution in [2.75, 3.05) is 42.9 Å². The summed E-state index contributed by atoms with van der Waals surface area (Å²) in [6.45, 7) is 7.51. The highest BCUT2D eigenvalue weighted by molar-refractivity contribution is 6.08. The lowest BCUT2D eigenvalue weighted by Crippen LogP contribution is -2.46. The number of aromatic nitrogens is 1. The number of anilines is 2. The minimum absolute atomic E-state index is 0.195. The molecule has 1 aromatic heterocycles. The van der Waals surface area contributed by atoms with Crippen molar-refractivity contribution >= 4 is 17.3 Å². The van der Waals surface area contributed by atoms with Crippen molar-refractivity contribution in [3.63, 3.8) is 0 Å². The van der Waals surface area contributed by atoms with E-state index in [-0.39, 0.29) is 5.91 Å². The molecule has 0 atom stereocenters. The van der Waals surface area contributed by atoms with E-state index in [0.717, 1.165) is 44.0 Å². The van der Waals surface area contributed by atoms with Crippen LogP contribution in [0.25, 0.3) is 22.8 Å². The van der Waals surface area contributed by atoms with Gasteiger partial charge in [-0.2, -0.15) is 0 Å². The van der Waals surface area contributed by atoms with Gasteiger partial charge >= 0.3 is 0 Å². The van der Waals surface area contributed by atoms with Crippen LogP contribution in [0.1, 0.15) is 17.3 Å². The number of amides is 1. The molecule has 2 heterocycles. The molecule has 1 fully saturated rings. The van der Waals surface area contributed by atoms with Crippen molar-refractivity contribution in [1.29, 1.82) is 0 Å². The van der Waals surface area contributed by atoms with Gasteiger partial charge in [0.05, 0.1) is 11.8 Å². The zero-order valence-electron chi connectivity index (χ0n) is 19.3. The predicted octanol–water partition coefficient (Wildman–Crippen LogP) is 5.40. The number of benzene rings is 3. The van der Waals surface area contributed by atoms with Crippen LogP contribution < -0.4 is 10.2 Å². The molecule has 5 rings (SSSR count). The van der Waals surface area contributed by atoms with Gasteiger partial charge in [-0.05, 0) is 42.9 Å². The Labute approximate surface area is 199 Å². The van der Waals surface area contributed by atoms with E-state index in [0.29, 0.717) is 22.8 Å². The van der Waals surface area contributed by atoms with Gasteiger partial charge in [-0.3, -0.25) is 4.79 Å². The molecule has 6 nitrogen and oxygen atoms in total. The van der Waals surface area contributed by atoms with Gasteiger partial charge in [0.1, 0.15) is 0 Å². The number of nitrogens with zero attached hydrogens (tertiary/aromatic N) is 3. The van der Waals surface area contributed by atoms with Crippen molar-refractivity contribution in [2.24, 2.45) is 0 Å². The van der Waals surface area contributed by atoms with Gasteiger partial charge in [0, 0.05) is 48.7 Å². The zero-order chi connectivity index (χ0) is 23.3. The number of rotatable bonds is 6. The first-order valence-corrected chi connectivity index (χ1v) is 11.7. The number of likely N-dealkylation sites (N-methyl/N-ethyl adjacent to an activating group) is 1. The van der Waals surface area contributed by atoms with Gasteiger partial charge < -0.3 is 19.5 Å². The molecule has 1 aliphatic heterocycles. The number of piperazine rings is 1. The van der Waals surface area contributed by atoms with Crippen molar-refractivity contribution in [3.8, 4) is 22.8 Å². The van der Waals surface area contributed by atoms with Crippen LogP contribution in [0.5, 0.6) is 0 Å². The summed E-state index contributed by atoms with van der Waals surface area (Å²) >= 11 is 0. The number of oxazole rings is 1. The minimum atomic E-state index is -0.195. The van der Waals surface area contributed by atoms with Gasteiger partial charge in [0.25, 0.3) is 5.91 Å². The third-order valence-electron chi connectivity index (χ3n) is 6.28. The Hall–Kier alpha value is -3.90. The molecule has 6 heteroatoms. The van der Waals surface area contributed by atoms with E-state index in [9.17, 15) is 4.79 Å². The number of carbonyl (C=O) groups is 1. The number of hydrogen-bond acceptors (Lipinski definition) is 5. The SMILES string of the molecule is CCN1CCN(c2ccc(NC(=O)c3ccccc3-c3ncc(-c4ccccc4)o3)cc2)CC1. The molecule has 0 spiro atoms. The largest absolute Gasteiger partial charge is 0.436 e. The molecule has 0 radical (unpaired) electrons. The van der Waals surface area contributed by atoms with E-state index >= 15 is 0 Å². The second-order valence-electron chi connectivity index (χ2n) is 8.36. The summed E-state index contributed by atoms with van der Waals surface area (Å²) in [7, 11) is 0. The Morgan fingerprint density at radius 1 is 0.912 bits per heavy atom. The Kier molecular flexibility index (Phi) is 6.40. The molecular weight excluding hydrogens is 424 g/mol. The van der Waals surface area contributed by atoms with Crippen molar-refractivity contribution < 1.29 is 9.21 Å². The average molecular weight is 453 g/mol. The molecule has 0 aliphatic carbocycles. The molecule has 0 bridgehead atoms. The lowest BCUT2D eigenvalue weighted by atomic mass is 10.1. The fourth-order valence-corrected chi connectivity index (χ4v) is 4.28. The van der Waals surface area contributed by atoms with Gasteiger partial charge in [-0.25, -0.2) is 4.98 Å². The summed E-state index contributed by atoms with van der Waals surface area (Å²) in [5.41, 5.74) is 4.06. The van der Waals surface area contributed by atoms with Crippen LogP contribution >= 0.6 is 0 Å². The summed E-state index contributed by atoms with van der Waals surface area (Å²) in [5.74, 6) is 0.895. The lowest BCUT2D eigenvalue weighted by Gasteiger charge is -2.35. The molecule has 0 saturated carbocycles. The monoisotopic (exact) mass is 452 g/mol. The van der Waals surface area contributed by atoms with Crippen molar-refractivity contribution in [3.05, 3.63) is 90.6 Å². The van der Waals surface area contributed by atoms with Gasteiger partial charge in [0.15, 0.2) is 5.76 Å². The van der Waals surface area contributed by atoms with E-state index < -0.39 is 0 Å². The Morgan fingerprint density at radius 2 is 1.62 bits per heavy atom. The fraction of sp³-hybridized carbons (Fsp3) is 0.214. The molecule has 172 valence electrons. The van der Waals surface area contributed by atoms with E-state index in [1.54, 1.807) is 12.3 Å². The zero-order valence-corrected chi connectivity index (χ0v) is 19.3. The first kappa shape index (κ1) is 21.9. The van der Waals surface area contributed by atoms with Crippen LogP contribution in [0.3, 0.4) is 0 Å². The Bertz CT molecular complexity index is 1240. The molecule has 1 amide bonds. The Balaban J connectivity index is 1.30. The van der Waals surface area contributed by atoms with E-state index in [1.165, 1.54) is 5.69 Å². The molecule has 3 aromatic carbocycles. The fourth-order valence-electron chi connectivity index (χ4n) is 4.28. The highest BCUT2D eigenvalue weighted by Gasteiger charge is 2.18. The molecule has 34 heavy (non-hydrogen) atoms. The normalized spacial score (nSPS) is 14.2. The maximum atomic E-state index is 13.1. The smallest absolute Gasteiger partial charge is 0.256 e. The maximum absolute atomic E-state index is 13.1. The maximum Gasteiger partial charge on any atom is 0.256 e. The summed E-state index contributed by atoms with van der Waals surface area (Å²) in [6, 6.07) is 25.2. The summed E-state index contributed by atoms with van der Waals surface area (Å²) < 4.78 is 6.00. The van der Waals surface area contributed by atoms with E-state index in [1.807, 2.05) is 60.7 Å². The van der Waals surface area contributed by atoms with Crippen LogP contribution in [0, 0.1) is 0 Å². The van der Waals surface area contributed by atoms with Crippen molar-refractivity contribution in [2.45, 2.75) is 6.92 Å². The molecule has 0 unspecified atom stereocenters. The van der Waals surface area contributed by atoms with Crippen LogP contribution in [-0.4, -0.2) is 48.5 Å². The summed E-state index contributed by atoms with van der Waals surface area (Å²) in [6.07, 6.45) is 1.69. The van der Waals surface area contributed by atoms with Gasteiger partial charge in [-0.15, -0.1) is 0 Å². The lowest BCUT2D eigenvalue weighted by molar-refractivity contribution is 0.102. The van der Waals surface area contributed by atoms with Gasteiger partial charge in [-0.1, -0.05) is 49.4 Å². The molecule has 4 aromatic rings. The molecule has 1 aliphatic rings. The summed E-state index contributed by atoms with van der Waals surface area (Å²) in [4.78, 5) is 22.4. The molecule has 1 N–H and O–H groups in total. The van der Waals surface area contributed by atoms with Crippen LogP contribution in [0.2, 0.25) is 0 Å². The van der Waals surface area contributed by atoms with E-state index in [2.05, 4.69) is 39.2 Å². The second kappa shape index (κ2) is 9.93. The van der Waals surface area contributed by atoms with E-state index in [4.69, 9.17) is 4.42 Å². The Morgan fingerprint density at radius 3 is 2.35 bits per heavy atom. The quantitative estimate of drug-likeness (QED) is 0.424. The van der Waals surface area contributed by atoms with Crippen LogP contribution in [-0.2, 0) is 0 Å². The highest BCUT2D eigenvalue weighted by atomic mass is 16.4. The third kappa shape index (κ3) is 4.72. The predicted molar refractivity (Wildman–Crippen MR) is 136 cm³/mol. The van der Waals surface area contributed by atoms with Crippen LogP contribution in [0.4, 0.5) is 11.4 Å². The number of carbonyl (C=O) groups excluding carboxylic acids is 1. The summed E-state index contributed by atoms with van der Waals surface area (Å²) in [5, 5.41) is 3.02. The van der Waals surface area contributed by atoms with Crippen LogP contribution in [0.15, 0.2) is 89.5 Å². The minimum Gasteiger partial charge on any atom is -0.436 e. The molecule has 1 saturated heterocycles. The average Bonchev–Trinajstić information content (AvgIpc) is 3.40. The number of hydrogen-bond donors (Lipinski definition) is 1. The standard InChI is InChI=1S/C28H28N4O2/c1-2-31-16-18-32(19-17-31)23-14-12-22(13-15-23)30-27(33)24-10-6-7-11-25(24)28-29-20-26(34-28)21-8-4-3-5-9-21/h3-15,20H,2,16-19H2,1H3,(H,30,33). The first-order valence-electron chi connectivity index (χ1n) is 11.7. The highest BCUT2D eigenvalue weighted by Crippen LogP contribution is 2.29. The number of nitrogens with one attached hydrogen (secondary N) is 1. The van der Waals surface area contributed by atoms with Crippen molar-refractivity contribution in [1.82, 2.24) is 9.88 Å². The van der Waals surface area contributed by atoms with Gasteiger partial charge in [0.2, 0.25) is 5.89 Å². The second-order valence-corrected chi connectivity index (χ2v) is 8.36. The third-order valence-corrected chi connectivity index (χ3v) is 6.28. The topological polar surface area (TPSA) is 61.6 Å².